The van der Waals surface area contributed by atoms with Gasteiger partial charge in [-0.25, -0.2) is 4.39 Å². The van der Waals surface area contributed by atoms with E-state index in [1.54, 1.807) is 12.1 Å². The van der Waals surface area contributed by atoms with Crippen LogP contribution in [0.5, 0.6) is 0 Å². The van der Waals surface area contributed by atoms with E-state index in [-0.39, 0.29) is 11.3 Å². The SMILES string of the molecule is O=C(c1cc2ccccc2s1)c1cccc(Br)c1F. The van der Waals surface area contributed by atoms with Gasteiger partial charge in [0.25, 0.3) is 0 Å². The van der Waals surface area contributed by atoms with Crippen LogP contribution < -0.4 is 0 Å². The molecule has 94 valence electrons. The molecule has 1 nitrogen and oxygen atoms in total. The summed E-state index contributed by atoms with van der Waals surface area (Å²) in [4.78, 5) is 12.9. The Bertz CT molecular complexity index is 746. The number of rotatable bonds is 2. The summed E-state index contributed by atoms with van der Waals surface area (Å²) in [5, 5.41) is 1.01. The molecule has 19 heavy (non-hydrogen) atoms. The zero-order valence-corrected chi connectivity index (χ0v) is 12.1. The van der Waals surface area contributed by atoms with Crippen molar-refractivity contribution in [2.75, 3.05) is 0 Å². The highest BCUT2D eigenvalue weighted by molar-refractivity contribution is 9.10. The highest BCUT2D eigenvalue weighted by Crippen LogP contribution is 2.29. The molecule has 0 saturated heterocycles. The van der Waals surface area contributed by atoms with E-state index in [0.29, 0.717) is 9.35 Å². The summed E-state index contributed by atoms with van der Waals surface area (Å²) in [5.74, 6) is -0.787. The van der Waals surface area contributed by atoms with Gasteiger partial charge in [0.05, 0.1) is 14.9 Å². The van der Waals surface area contributed by atoms with E-state index in [9.17, 15) is 9.18 Å². The average Bonchev–Trinajstić information content (AvgIpc) is 2.85. The summed E-state index contributed by atoms with van der Waals surface area (Å²) in [5.41, 5.74) is 0.0981. The second-order valence-corrected chi connectivity index (χ2v) is 6.02. The summed E-state index contributed by atoms with van der Waals surface area (Å²) in [6.45, 7) is 0. The molecule has 0 aliphatic heterocycles. The van der Waals surface area contributed by atoms with E-state index in [1.165, 1.54) is 17.4 Å². The van der Waals surface area contributed by atoms with Crippen molar-refractivity contribution >= 4 is 43.1 Å². The predicted molar refractivity (Wildman–Crippen MR) is 79.4 cm³/mol. The fraction of sp³-hybridized carbons (Fsp3) is 0. The van der Waals surface area contributed by atoms with Crippen molar-refractivity contribution in [2.45, 2.75) is 0 Å². The van der Waals surface area contributed by atoms with Crippen molar-refractivity contribution in [3.63, 3.8) is 0 Å². The van der Waals surface area contributed by atoms with Crippen molar-refractivity contribution in [1.82, 2.24) is 0 Å². The van der Waals surface area contributed by atoms with Gasteiger partial charge in [-0.05, 0) is 45.6 Å². The van der Waals surface area contributed by atoms with Gasteiger partial charge in [0.1, 0.15) is 5.82 Å². The lowest BCUT2D eigenvalue weighted by molar-refractivity contribution is 0.103. The summed E-state index contributed by atoms with van der Waals surface area (Å²) in [6, 6.07) is 14.3. The summed E-state index contributed by atoms with van der Waals surface area (Å²) in [6.07, 6.45) is 0. The summed E-state index contributed by atoms with van der Waals surface area (Å²) in [7, 11) is 0. The van der Waals surface area contributed by atoms with Gasteiger partial charge in [-0.3, -0.25) is 4.79 Å². The molecule has 2 aromatic carbocycles. The van der Waals surface area contributed by atoms with Crippen LogP contribution in [0.1, 0.15) is 15.2 Å². The number of thiophene rings is 1. The largest absolute Gasteiger partial charge is 0.288 e. The number of ketones is 1. The summed E-state index contributed by atoms with van der Waals surface area (Å²) < 4.78 is 15.3. The number of hydrogen-bond donors (Lipinski definition) is 0. The lowest BCUT2D eigenvalue weighted by Crippen LogP contribution is -2.02. The first-order valence-electron chi connectivity index (χ1n) is 5.64. The van der Waals surface area contributed by atoms with Crippen LogP contribution in [0.3, 0.4) is 0 Å². The van der Waals surface area contributed by atoms with Crippen LogP contribution >= 0.6 is 27.3 Å². The van der Waals surface area contributed by atoms with Crippen molar-refractivity contribution in [3.05, 3.63) is 69.3 Å². The van der Waals surface area contributed by atoms with Crippen LogP contribution in [0.15, 0.2) is 53.0 Å². The summed E-state index contributed by atoms with van der Waals surface area (Å²) >= 11 is 4.48. The first kappa shape index (κ1) is 12.5. The van der Waals surface area contributed by atoms with Crippen LogP contribution in [0.25, 0.3) is 10.1 Å². The zero-order chi connectivity index (χ0) is 13.4. The van der Waals surface area contributed by atoms with Gasteiger partial charge in [0, 0.05) is 4.70 Å². The second-order valence-electron chi connectivity index (χ2n) is 4.08. The molecule has 0 saturated carbocycles. The molecule has 0 aliphatic carbocycles. The first-order chi connectivity index (χ1) is 9.16. The lowest BCUT2D eigenvalue weighted by atomic mass is 10.1. The normalized spacial score (nSPS) is 10.8. The standard InChI is InChI=1S/C15H8BrFOS/c16-11-6-3-5-10(14(11)17)15(18)13-8-9-4-1-2-7-12(9)19-13/h1-8H. The Balaban J connectivity index is 2.11. The fourth-order valence-corrected chi connectivity index (χ4v) is 3.29. The highest BCUT2D eigenvalue weighted by atomic mass is 79.9. The predicted octanol–water partition coefficient (Wildman–Crippen LogP) is 5.03. The molecule has 0 unspecified atom stereocenters. The molecule has 1 heterocycles. The first-order valence-corrected chi connectivity index (χ1v) is 7.25. The van der Waals surface area contributed by atoms with Crippen LogP contribution in [0, 0.1) is 5.82 Å². The van der Waals surface area contributed by atoms with E-state index in [1.807, 2.05) is 30.3 Å². The van der Waals surface area contributed by atoms with Gasteiger partial charge >= 0.3 is 0 Å². The minimum absolute atomic E-state index is 0.0981. The number of halogens is 2. The van der Waals surface area contributed by atoms with E-state index in [0.717, 1.165) is 10.1 Å². The van der Waals surface area contributed by atoms with Gasteiger partial charge < -0.3 is 0 Å². The fourth-order valence-electron chi connectivity index (χ4n) is 1.91. The van der Waals surface area contributed by atoms with Gasteiger partial charge in [-0.15, -0.1) is 11.3 Å². The number of hydrogen-bond acceptors (Lipinski definition) is 2. The molecular weight excluding hydrogens is 327 g/mol. The third kappa shape index (κ3) is 2.22. The molecule has 0 radical (unpaired) electrons. The Labute approximate surface area is 121 Å². The van der Waals surface area contributed by atoms with Crippen molar-refractivity contribution < 1.29 is 9.18 Å². The molecule has 0 bridgehead atoms. The van der Waals surface area contributed by atoms with Crippen LogP contribution in [0.2, 0.25) is 0 Å². The molecule has 0 spiro atoms. The van der Waals surface area contributed by atoms with Crippen molar-refractivity contribution in [2.24, 2.45) is 0 Å². The minimum Gasteiger partial charge on any atom is -0.288 e. The molecule has 0 N–H and O–H groups in total. The Kier molecular flexibility index (Phi) is 3.21. The Hall–Kier alpha value is -1.52. The number of benzene rings is 2. The number of fused-ring (bicyclic) bond motifs is 1. The number of carbonyl (C=O) groups is 1. The van der Waals surface area contributed by atoms with Crippen molar-refractivity contribution in [1.29, 1.82) is 0 Å². The van der Waals surface area contributed by atoms with E-state index in [4.69, 9.17) is 0 Å². The minimum atomic E-state index is -0.509. The van der Waals surface area contributed by atoms with E-state index < -0.39 is 5.82 Å². The Morgan fingerprint density at radius 2 is 1.89 bits per heavy atom. The van der Waals surface area contributed by atoms with Crippen LogP contribution in [0.4, 0.5) is 4.39 Å². The Morgan fingerprint density at radius 3 is 2.68 bits per heavy atom. The molecule has 4 heteroatoms. The van der Waals surface area contributed by atoms with Crippen molar-refractivity contribution in [3.8, 4) is 0 Å². The third-order valence-corrected chi connectivity index (χ3v) is 4.57. The smallest absolute Gasteiger partial charge is 0.205 e. The highest BCUT2D eigenvalue weighted by Gasteiger charge is 2.17. The maximum Gasteiger partial charge on any atom is 0.205 e. The zero-order valence-electron chi connectivity index (χ0n) is 9.69. The van der Waals surface area contributed by atoms with Crippen LogP contribution in [-0.2, 0) is 0 Å². The molecule has 1 aromatic heterocycles. The van der Waals surface area contributed by atoms with Gasteiger partial charge in [-0.1, -0.05) is 24.3 Å². The molecule has 0 fully saturated rings. The number of carbonyl (C=O) groups excluding carboxylic acids is 1. The van der Waals surface area contributed by atoms with Crippen LogP contribution in [-0.4, -0.2) is 5.78 Å². The topological polar surface area (TPSA) is 17.1 Å². The molecule has 3 rings (SSSR count). The quantitative estimate of drug-likeness (QED) is 0.600. The molecule has 3 aromatic rings. The van der Waals surface area contributed by atoms with Gasteiger partial charge in [0.15, 0.2) is 0 Å². The molecule has 0 aliphatic rings. The van der Waals surface area contributed by atoms with Gasteiger partial charge in [-0.2, -0.15) is 0 Å². The third-order valence-electron chi connectivity index (χ3n) is 2.85. The lowest BCUT2D eigenvalue weighted by Gasteiger charge is -2.01. The average molecular weight is 335 g/mol. The van der Waals surface area contributed by atoms with E-state index >= 15 is 0 Å². The molecule has 0 atom stereocenters. The maximum absolute atomic E-state index is 13.9. The van der Waals surface area contributed by atoms with Gasteiger partial charge in [0.2, 0.25) is 5.78 Å². The Morgan fingerprint density at radius 1 is 1.11 bits per heavy atom. The molecular formula is C15H8BrFOS. The monoisotopic (exact) mass is 334 g/mol. The maximum atomic E-state index is 13.9. The molecule has 0 amide bonds. The second kappa shape index (κ2) is 4.87. The van der Waals surface area contributed by atoms with E-state index in [2.05, 4.69) is 15.9 Å².